The summed E-state index contributed by atoms with van der Waals surface area (Å²) in [5.74, 6) is -0.0337. The first-order valence-corrected chi connectivity index (χ1v) is 18.6. The molecule has 4 aromatic carbocycles. The average molecular weight is 755 g/mol. The van der Waals surface area contributed by atoms with Crippen molar-refractivity contribution in [2.75, 3.05) is 5.32 Å². The number of aromatic nitrogens is 1. The van der Waals surface area contributed by atoms with Crippen LogP contribution in [0.5, 0.6) is 11.5 Å². The van der Waals surface area contributed by atoms with Gasteiger partial charge < -0.3 is 19.2 Å². The van der Waals surface area contributed by atoms with Gasteiger partial charge in [0.25, 0.3) is 5.69 Å². The molecule has 0 bridgehead atoms. The minimum atomic E-state index is -0.705. The van der Waals surface area contributed by atoms with Crippen LogP contribution in [0.4, 0.5) is 5.69 Å². The van der Waals surface area contributed by atoms with Gasteiger partial charge in [0, 0.05) is 77.9 Å². The number of H-pyrrole nitrogens is 1. The molecule has 0 spiro atoms. The highest BCUT2D eigenvalue weighted by molar-refractivity contribution is 5.96. The molecule has 288 valence electrons. The number of fused-ring (bicyclic) bond motifs is 4. The highest BCUT2D eigenvalue weighted by Crippen LogP contribution is 2.40. The number of nitrogens with zero attached hydrogens (tertiary/aromatic N) is 1. The Bertz CT molecular complexity index is 2610. The summed E-state index contributed by atoms with van der Waals surface area (Å²) < 4.78 is 17.6. The summed E-state index contributed by atoms with van der Waals surface area (Å²) in [5.41, 5.74) is 6.46. The smallest absolute Gasteiger partial charge is 0.308 e. The van der Waals surface area contributed by atoms with Crippen LogP contribution in [0.3, 0.4) is 0 Å². The first-order valence-electron chi connectivity index (χ1n) is 18.6. The van der Waals surface area contributed by atoms with Gasteiger partial charge in [0.05, 0.1) is 10.7 Å². The number of amides is 2. The molecule has 0 fully saturated rings. The second-order valence-electron chi connectivity index (χ2n) is 16.0. The molecule has 10 nitrogen and oxygen atoms in total. The molecule has 1 aliphatic carbocycles. The van der Waals surface area contributed by atoms with Crippen molar-refractivity contribution in [1.29, 1.82) is 0 Å². The maximum Gasteiger partial charge on any atom is 0.308 e. The summed E-state index contributed by atoms with van der Waals surface area (Å²) >= 11 is 0. The van der Waals surface area contributed by atoms with Gasteiger partial charge in [-0.1, -0.05) is 58.0 Å². The van der Waals surface area contributed by atoms with Crippen LogP contribution in [-0.4, -0.2) is 23.8 Å². The number of hydrogen-bond acceptors (Lipinski definition) is 7. The minimum absolute atomic E-state index is 0.0624. The molecule has 2 N–H and O–H groups in total. The van der Waals surface area contributed by atoms with E-state index in [-0.39, 0.29) is 24.7 Å². The fourth-order valence-corrected chi connectivity index (χ4v) is 8.07. The molecule has 0 saturated heterocycles. The van der Waals surface area contributed by atoms with Crippen LogP contribution in [0.2, 0.25) is 0 Å². The van der Waals surface area contributed by atoms with Gasteiger partial charge in [-0.3, -0.25) is 19.2 Å². The summed E-state index contributed by atoms with van der Waals surface area (Å²) in [6.45, 7) is 18.3. The minimum Gasteiger partial charge on any atom is -0.443 e. The van der Waals surface area contributed by atoms with E-state index >= 15 is 0 Å². The summed E-state index contributed by atoms with van der Waals surface area (Å²) in [4.78, 5) is 59.2. The lowest BCUT2D eigenvalue weighted by Crippen LogP contribution is -2.27. The average Bonchev–Trinajstić information content (AvgIpc) is 3.05. The lowest BCUT2D eigenvalue weighted by atomic mass is 9.78. The molecule has 2 aliphatic rings. The molecular weight excluding hydrogens is 707 g/mol. The van der Waals surface area contributed by atoms with Crippen LogP contribution in [0.1, 0.15) is 87.8 Å². The van der Waals surface area contributed by atoms with Crippen LogP contribution >= 0.6 is 0 Å². The Morgan fingerprint density at radius 1 is 0.714 bits per heavy atom. The molecule has 0 unspecified atom stereocenters. The van der Waals surface area contributed by atoms with Crippen LogP contribution in [0, 0.1) is 27.7 Å². The van der Waals surface area contributed by atoms with Gasteiger partial charge in [-0.15, -0.1) is 0 Å². The number of ether oxygens (including phenoxy) is 2. The first kappa shape index (κ1) is 39.5. The molecule has 6 rings (SSSR count). The van der Waals surface area contributed by atoms with Gasteiger partial charge in [-0.05, 0) is 74.2 Å². The maximum absolute atomic E-state index is 13.8. The van der Waals surface area contributed by atoms with E-state index < -0.39 is 22.8 Å². The van der Waals surface area contributed by atoms with Crippen molar-refractivity contribution in [3.63, 3.8) is 0 Å². The second kappa shape index (κ2) is 15.2. The van der Waals surface area contributed by atoms with E-state index in [1.165, 1.54) is 13.8 Å². The number of hydrogen-bond donors (Lipinski definition) is 1. The third kappa shape index (κ3) is 8.39. The predicted molar refractivity (Wildman–Crippen MR) is 216 cm³/mol. The predicted octanol–water partition coefficient (Wildman–Crippen LogP) is 8.69. The summed E-state index contributed by atoms with van der Waals surface area (Å²) in [6, 6.07) is 22.5. The number of aromatic amines is 1. The Labute approximate surface area is 326 Å². The number of carbonyl (C=O) groups is 4. The lowest BCUT2D eigenvalue weighted by Gasteiger charge is -2.29. The number of benzene rings is 5. The van der Waals surface area contributed by atoms with E-state index in [0.717, 1.165) is 49.8 Å². The van der Waals surface area contributed by atoms with Crippen molar-refractivity contribution in [2.45, 2.75) is 92.9 Å². The summed E-state index contributed by atoms with van der Waals surface area (Å²) in [6.07, 6.45) is 0.188. The second-order valence-corrected chi connectivity index (χ2v) is 16.0. The Morgan fingerprint density at radius 3 is 1.84 bits per heavy atom. The largest absolute Gasteiger partial charge is 0.443 e. The molecular formula is C46H48N3O7+. The van der Waals surface area contributed by atoms with Crippen molar-refractivity contribution in [2.24, 2.45) is 4.99 Å². The fraction of sp³-hybridized carbons (Fsp3) is 0.304. The Balaban J connectivity index is 1.32. The molecule has 10 heteroatoms. The number of nitrogens with one attached hydrogen (secondary N) is 2. The Morgan fingerprint density at radius 2 is 1.27 bits per heavy atom. The highest BCUT2D eigenvalue weighted by Gasteiger charge is 2.32. The lowest BCUT2D eigenvalue weighted by molar-refractivity contribution is -0.332. The zero-order chi connectivity index (χ0) is 40.7. The first-order chi connectivity index (χ1) is 26.3. The van der Waals surface area contributed by atoms with Crippen molar-refractivity contribution >= 4 is 51.3 Å². The SMILES string of the molecule is CC(=O)Oc1cc(C)cc(C)c1C(C)(C)CC(=O)N=c1cc2oc3cc(NC(=O)CC(C)(C)c4c(C)cc(C)cc4OC(C)=O)ccc3[nH+]c-2c2ccccc12. The van der Waals surface area contributed by atoms with Gasteiger partial charge in [0.2, 0.25) is 28.7 Å². The number of carbonyl (C=O) groups excluding carboxylic acids is 4. The summed E-state index contributed by atoms with van der Waals surface area (Å²) in [7, 11) is 0. The molecule has 0 radical (unpaired) electrons. The molecule has 2 amide bonds. The van der Waals surface area contributed by atoms with Crippen LogP contribution < -0.4 is 25.1 Å². The molecule has 0 aromatic heterocycles. The van der Waals surface area contributed by atoms with Gasteiger partial charge in [-0.25, -0.2) is 4.99 Å². The molecule has 4 aromatic rings. The number of esters is 2. The van der Waals surface area contributed by atoms with E-state index in [2.05, 4.69) is 15.3 Å². The Kier molecular flexibility index (Phi) is 10.7. The van der Waals surface area contributed by atoms with Crippen molar-refractivity contribution in [3.8, 4) is 23.0 Å². The quantitative estimate of drug-likeness (QED) is 0.0675. The third-order valence-electron chi connectivity index (χ3n) is 9.92. The topological polar surface area (TPSA) is 138 Å². The van der Waals surface area contributed by atoms with E-state index in [9.17, 15) is 19.2 Å². The maximum atomic E-state index is 13.8. The Hall–Kier alpha value is -6.16. The molecule has 1 aliphatic heterocycles. The normalized spacial score (nSPS) is 12.3. The molecule has 0 atom stereocenters. The number of rotatable bonds is 9. The van der Waals surface area contributed by atoms with Gasteiger partial charge >= 0.3 is 11.9 Å². The highest BCUT2D eigenvalue weighted by atomic mass is 16.5. The van der Waals surface area contributed by atoms with Crippen LogP contribution in [-0.2, 0) is 30.0 Å². The standard InChI is InChI=1S/C46H47N3O7/c1-25-17-27(3)42(37(19-25)54-29(5)50)45(7,8)23-40(52)47-31-15-16-34-36(21-31)56-39-22-35(32-13-11-12-14-33(32)44(39)49-34)48-41(53)24-46(9,10)43-28(4)18-26(2)20-38(43)55-30(6)51/h11-22H,23-24H2,1-10H3,(H,47,52)/p+1. The van der Waals surface area contributed by atoms with E-state index in [0.29, 0.717) is 39.4 Å². The third-order valence-corrected chi connectivity index (χ3v) is 9.92. The van der Waals surface area contributed by atoms with E-state index in [4.69, 9.17) is 13.9 Å². The van der Waals surface area contributed by atoms with Crippen molar-refractivity contribution in [3.05, 3.63) is 112 Å². The van der Waals surface area contributed by atoms with Crippen molar-refractivity contribution in [1.82, 2.24) is 0 Å². The number of anilines is 1. The number of aryl methyl sites for hydroxylation is 4. The van der Waals surface area contributed by atoms with Gasteiger partial charge in [-0.2, -0.15) is 4.98 Å². The van der Waals surface area contributed by atoms with Gasteiger partial charge in [0.15, 0.2) is 0 Å². The van der Waals surface area contributed by atoms with Crippen molar-refractivity contribution < 1.29 is 38.1 Å². The molecule has 56 heavy (non-hydrogen) atoms. The van der Waals surface area contributed by atoms with Crippen LogP contribution in [0.25, 0.3) is 33.3 Å². The molecule has 0 saturated carbocycles. The molecule has 1 heterocycles. The van der Waals surface area contributed by atoms with E-state index in [1.807, 2.05) is 110 Å². The summed E-state index contributed by atoms with van der Waals surface area (Å²) in [5, 5.41) is 5.07. The zero-order valence-electron chi connectivity index (χ0n) is 33.6. The zero-order valence-corrected chi connectivity index (χ0v) is 33.6. The monoisotopic (exact) mass is 754 g/mol. The fourth-order valence-electron chi connectivity index (χ4n) is 8.07. The van der Waals surface area contributed by atoms with Crippen LogP contribution in [0.15, 0.2) is 82.2 Å². The van der Waals surface area contributed by atoms with Gasteiger partial charge in [0.1, 0.15) is 11.5 Å². The van der Waals surface area contributed by atoms with E-state index in [1.54, 1.807) is 18.2 Å².